The van der Waals surface area contributed by atoms with E-state index in [9.17, 15) is 9.59 Å². The third kappa shape index (κ3) is 3.19. The van der Waals surface area contributed by atoms with Crippen LogP contribution in [0.15, 0.2) is 24.3 Å². The van der Waals surface area contributed by atoms with E-state index in [1.165, 1.54) is 14.2 Å². The highest BCUT2D eigenvalue weighted by Gasteiger charge is 2.44. The van der Waals surface area contributed by atoms with E-state index in [4.69, 9.17) is 21.1 Å². The molecule has 1 aliphatic rings. The van der Waals surface area contributed by atoms with Crippen molar-refractivity contribution in [1.82, 2.24) is 5.32 Å². The maximum absolute atomic E-state index is 12.5. The molecular formula is C16H20ClNO4. The van der Waals surface area contributed by atoms with Crippen molar-refractivity contribution in [3.05, 3.63) is 29.8 Å². The molecule has 120 valence electrons. The number of benzene rings is 1. The number of alkyl halides is 1. The molecular weight excluding hydrogens is 306 g/mol. The molecule has 1 amide bonds. The zero-order chi connectivity index (χ0) is 16.2. The second-order valence-corrected chi connectivity index (χ2v) is 5.81. The molecule has 1 aromatic carbocycles. The number of amides is 1. The fourth-order valence-corrected chi connectivity index (χ4v) is 3.11. The quantitative estimate of drug-likeness (QED) is 0.667. The van der Waals surface area contributed by atoms with Crippen LogP contribution in [-0.2, 0) is 14.3 Å². The van der Waals surface area contributed by atoms with Gasteiger partial charge in [0.2, 0.25) is 5.91 Å². The molecule has 0 spiro atoms. The van der Waals surface area contributed by atoms with Crippen molar-refractivity contribution in [3.8, 4) is 5.75 Å². The van der Waals surface area contributed by atoms with E-state index >= 15 is 0 Å². The van der Waals surface area contributed by atoms with Crippen molar-refractivity contribution in [3.63, 3.8) is 0 Å². The molecule has 0 saturated heterocycles. The Morgan fingerprint density at radius 1 is 1.23 bits per heavy atom. The van der Waals surface area contributed by atoms with Gasteiger partial charge in [0.15, 0.2) is 0 Å². The van der Waals surface area contributed by atoms with E-state index in [-0.39, 0.29) is 0 Å². The summed E-state index contributed by atoms with van der Waals surface area (Å²) >= 11 is 6.28. The van der Waals surface area contributed by atoms with Crippen LogP contribution in [0.3, 0.4) is 0 Å². The Kier molecular flexibility index (Phi) is 5.29. The topological polar surface area (TPSA) is 64.6 Å². The standard InChI is InChI=1S/C16H20ClNO4/c1-21-12-8-4-3-7-11(12)13(17)14(19)18-16(15(20)22-2)9-5-6-10-16/h3-4,7-8,13H,5-6,9-10H2,1-2H3,(H,18,19). The fraction of sp³-hybridized carbons (Fsp3) is 0.500. The second-order valence-electron chi connectivity index (χ2n) is 5.37. The van der Waals surface area contributed by atoms with Crippen molar-refractivity contribution in [2.45, 2.75) is 36.6 Å². The molecule has 1 aromatic rings. The second kappa shape index (κ2) is 7.01. The number of nitrogens with one attached hydrogen (secondary N) is 1. The summed E-state index contributed by atoms with van der Waals surface area (Å²) in [7, 11) is 2.85. The number of halogens is 1. The molecule has 0 bridgehead atoms. The van der Waals surface area contributed by atoms with E-state index in [0.717, 1.165) is 12.8 Å². The van der Waals surface area contributed by atoms with Gasteiger partial charge in [-0.2, -0.15) is 0 Å². The number of ether oxygens (including phenoxy) is 2. The first-order valence-electron chi connectivity index (χ1n) is 7.21. The molecule has 6 heteroatoms. The first-order chi connectivity index (χ1) is 10.5. The summed E-state index contributed by atoms with van der Waals surface area (Å²) < 4.78 is 10.1. The van der Waals surface area contributed by atoms with Crippen molar-refractivity contribution >= 4 is 23.5 Å². The minimum Gasteiger partial charge on any atom is -0.496 e. The Hall–Kier alpha value is -1.75. The normalized spacial score (nSPS) is 17.6. The molecule has 1 N–H and O–H groups in total. The molecule has 1 atom stereocenters. The molecule has 2 rings (SSSR count). The van der Waals surface area contributed by atoms with Gasteiger partial charge in [0.25, 0.3) is 0 Å². The predicted molar refractivity (Wildman–Crippen MR) is 82.9 cm³/mol. The van der Waals surface area contributed by atoms with Crippen molar-refractivity contribution in [2.24, 2.45) is 0 Å². The number of rotatable bonds is 5. The summed E-state index contributed by atoms with van der Waals surface area (Å²) in [4.78, 5) is 24.5. The monoisotopic (exact) mass is 325 g/mol. The lowest BCUT2D eigenvalue weighted by Gasteiger charge is -2.28. The lowest BCUT2D eigenvalue weighted by molar-refractivity contribution is -0.150. The Morgan fingerprint density at radius 3 is 2.45 bits per heavy atom. The van der Waals surface area contributed by atoms with Crippen LogP contribution in [0.2, 0.25) is 0 Å². The van der Waals surface area contributed by atoms with Gasteiger partial charge < -0.3 is 14.8 Å². The van der Waals surface area contributed by atoms with Crippen LogP contribution in [0.5, 0.6) is 5.75 Å². The van der Waals surface area contributed by atoms with E-state index < -0.39 is 22.8 Å². The Morgan fingerprint density at radius 2 is 1.86 bits per heavy atom. The number of carbonyl (C=O) groups excluding carboxylic acids is 2. The van der Waals surface area contributed by atoms with Crippen LogP contribution in [0.4, 0.5) is 0 Å². The molecule has 1 saturated carbocycles. The average molecular weight is 326 g/mol. The van der Waals surface area contributed by atoms with Crippen LogP contribution in [-0.4, -0.2) is 31.6 Å². The van der Waals surface area contributed by atoms with E-state index in [0.29, 0.717) is 24.2 Å². The smallest absolute Gasteiger partial charge is 0.331 e. The summed E-state index contributed by atoms with van der Waals surface area (Å²) in [5.41, 5.74) is -0.386. The molecule has 5 nitrogen and oxygen atoms in total. The highest BCUT2D eigenvalue weighted by Crippen LogP contribution is 2.34. The van der Waals surface area contributed by atoms with Gasteiger partial charge in [-0.25, -0.2) is 4.79 Å². The van der Waals surface area contributed by atoms with Gasteiger partial charge in [-0.1, -0.05) is 31.0 Å². The molecule has 0 aromatic heterocycles. The lowest BCUT2D eigenvalue weighted by atomic mass is 9.97. The lowest BCUT2D eigenvalue weighted by Crippen LogP contribution is -2.53. The zero-order valence-corrected chi connectivity index (χ0v) is 13.5. The van der Waals surface area contributed by atoms with Gasteiger partial charge in [0, 0.05) is 5.56 Å². The largest absolute Gasteiger partial charge is 0.496 e. The Labute approximate surface area is 134 Å². The number of methoxy groups -OCH3 is 2. The summed E-state index contributed by atoms with van der Waals surface area (Å²) in [6, 6.07) is 7.06. The van der Waals surface area contributed by atoms with Gasteiger partial charge in [-0.05, 0) is 18.9 Å². The van der Waals surface area contributed by atoms with Crippen molar-refractivity contribution < 1.29 is 19.1 Å². The van der Waals surface area contributed by atoms with Gasteiger partial charge >= 0.3 is 5.97 Å². The highest BCUT2D eigenvalue weighted by atomic mass is 35.5. The fourth-order valence-electron chi connectivity index (χ4n) is 2.87. The first kappa shape index (κ1) is 16.6. The summed E-state index contributed by atoms with van der Waals surface area (Å²) in [5.74, 6) is -0.295. The van der Waals surface area contributed by atoms with Crippen LogP contribution >= 0.6 is 11.6 Å². The molecule has 1 fully saturated rings. The number of carbonyl (C=O) groups is 2. The third-order valence-electron chi connectivity index (χ3n) is 4.04. The molecule has 1 aliphatic carbocycles. The SMILES string of the molecule is COC(=O)C1(NC(=O)C(Cl)c2ccccc2OC)CCCC1. The Balaban J connectivity index is 2.18. The molecule has 0 aliphatic heterocycles. The van der Waals surface area contributed by atoms with Crippen LogP contribution < -0.4 is 10.1 Å². The minimum absolute atomic E-state index is 0.415. The molecule has 0 heterocycles. The summed E-state index contributed by atoms with van der Waals surface area (Å²) in [6.07, 6.45) is 2.88. The van der Waals surface area contributed by atoms with Gasteiger partial charge in [0.05, 0.1) is 14.2 Å². The van der Waals surface area contributed by atoms with Crippen molar-refractivity contribution in [1.29, 1.82) is 0 Å². The number of esters is 1. The average Bonchev–Trinajstić information content (AvgIpc) is 3.02. The third-order valence-corrected chi connectivity index (χ3v) is 4.47. The number of para-hydroxylation sites is 1. The number of hydrogen-bond donors (Lipinski definition) is 1. The van der Waals surface area contributed by atoms with Crippen LogP contribution in [0.25, 0.3) is 0 Å². The first-order valence-corrected chi connectivity index (χ1v) is 7.65. The minimum atomic E-state index is -0.957. The molecule has 1 unspecified atom stereocenters. The van der Waals surface area contributed by atoms with E-state index in [1.807, 2.05) is 0 Å². The highest BCUT2D eigenvalue weighted by molar-refractivity contribution is 6.31. The summed E-state index contributed by atoms with van der Waals surface area (Å²) in [6.45, 7) is 0. The Bertz CT molecular complexity index is 555. The van der Waals surface area contributed by atoms with E-state index in [1.54, 1.807) is 24.3 Å². The number of hydrogen-bond acceptors (Lipinski definition) is 4. The van der Waals surface area contributed by atoms with Gasteiger partial charge in [0.1, 0.15) is 16.7 Å². The zero-order valence-electron chi connectivity index (χ0n) is 12.7. The van der Waals surface area contributed by atoms with Crippen molar-refractivity contribution in [2.75, 3.05) is 14.2 Å². The molecule has 0 radical (unpaired) electrons. The summed E-state index contributed by atoms with van der Waals surface area (Å²) in [5, 5.41) is 1.86. The van der Waals surface area contributed by atoms with Crippen LogP contribution in [0.1, 0.15) is 36.6 Å². The predicted octanol–water partition coefficient (Wildman–Crippen LogP) is 2.58. The van der Waals surface area contributed by atoms with Crippen LogP contribution in [0, 0.1) is 0 Å². The van der Waals surface area contributed by atoms with Gasteiger partial charge in [-0.15, -0.1) is 11.6 Å². The van der Waals surface area contributed by atoms with Gasteiger partial charge in [-0.3, -0.25) is 4.79 Å². The maximum Gasteiger partial charge on any atom is 0.331 e. The molecule has 22 heavy (non-hydrogen) atoms. The van der Waals surface area contributed by atoms with E-state index in [2.05, 4.69) is 5.32 Å². The maximum atomic E-state index is 12.5.